The molecule has 0 aliphatic carbocycles. The van der Waals surface area contributed by atoms with E-state index in [2.05, 4.69) is 109 Å². The van der Waals surface area contributed by atoms with Gasteiger partial charge in [-0.05, 0) is 58.4 Å². The molecule has 1 spiro atoms. The third kappa shape index (κ3) is 6.83. The number of hydrogen-bond donors (Lipinski definition) is 2. The SMILES string of the molecule is Sc1ccccc1C1(Cc2ccccc2)O[B-]2(OC1Cc1ccccc1)OC(Cc1ccccc1)C(Cc1ccccc1)(c1ccccc1S)O2.[H+]. The van der Waals surface area contributed by atoms with Gasteiger partial charge in [0.05, 0.1) is 23.4 Å². The topological polar surface area (TPSA) is 36.9 Å². The van der Waals surface area contributed by atoms with Crippen molar-refractivity contribution in [3.63, 3.8) is 0 Å². The van der Waals surface area contributed by atoms with Crippen LogP contribution in [0, 0.1) is 0 Å². The normalized spacial score (nSPS) is 25.7. The van der Waals surface area contributed by atoms with Gasteiger partial charge in [-0.25, -0.2) is 0 Å². The van der Waals surface area contributed by atoms with E-state index in [-0.39, 0.29) is 1.43 Å². The van der Waals surface area contributed by atoms with Gasteiger partial charge in [0, 0.05) is 22.6 Å². The van der Waals surface area contributed by atoms with Crippen molar-refractivity contribution in [1.29, 1.82) is 0 Å². The van der Waals surface area contributed by atoms with Gasteiger partial charge in [-0.3, -0.25) is 0 Å². The van der Waals surface area contributed by atoms with Crippen molar-refractivity contribution in [3.05, 3.63) is 203 Å². The first-order valence-electron chi connectivity index (χ1n) is 17.6. The van der Waals surface area contributed by atoms with Gasteiger partial charge >= 0.3 is 8.38 Å². The van der Waals surface area contributed by atoms with Crippen LogP contribution in [-0.2, 0) is 55.5 Å². The maximum atomic E-state index is 7.50. The second-order valence-electron chi connectivity index (χ2n) is 13.6. The Morgan fingerprint density at radius 2 is 0.745 bits per heavy atom. The first-order valence-corrected chi connectivity index (χ1v) is 18.5. The predicted octanol–water partition coefficient (Wildman–Crippen LogP) is 9.70. The second kappa shape index (κ2) is 14.5. The molecular weight excluding hydrogens is 667 g/mol. The Labute approximate surface area is 313 Å². The van der Waals surface area contributed by atoms with Crippen LogP contribution in [0.2, 0.25) is 0 Å². The quantitative estimate of drug-likeness (QED) is 0.110. The zero-order valence-electron chi connectivity index (χ0n) is 29.3. The average Bonchev–Trinajstić information content (AvgIpc) is 3.61. The Bertz CT molecular complexity index is 1920. The van der Waals surface area contributed by atoms with Gasteiger partial charge in [-0.2, -0.15) is 0 Å². The van der Waals surface area contributed by atoms with Crippen LogP contribution in [0.4, 0.5) is 0 Å². The summed E-state index contributed by atoms with van der Waals surface area (Å²) in [6.07, 6.45) is 1.23. The van der Waals surface area contributed by atoms with Crippen molar-refractivity contribution in [2.45, 2.75) is 58.9 Å². The standard InChI is InChI=1S/C44H40BO4S2/c50-39-27-15-13-25-37(39)43(31-35-21-9-3-10-22-35)41(29-33-17-5-1-6-18-33)46-45(48-43)47-42(30-34-19-7-2-8-20-34)44(49-45,32-36-23-11-4-12-24-36)38-26-14-16-28-40(38)51/h1-28,41-42,50-51H,29-32H2/q-1/p+1. The Morgan fingerprint density at radius 1 is 0.431 bits per heavy atom. The molecule has 2 heterocycles. The minimum Gasteiger partial charge on any atom is -0.514 e. The fourth-order valence-electron chi connectivity index (χ4n) is 7.98. The molecule has 2 aliphatic rings. The van der Waals surface area contributed by atoms with Crippen LogP contribution in [0.1, 0.15) is 34.8 Å². The Balaban J connectivity index is 0.00000420. The molecule has 4 unspecified atom stereocenters. The molecule has 6 aromatic rings. The Morgan fingerprint density at radius 3 is 1.10 bits per heavy atom. The van der Waals surface area contributed by atoms with E-state index in [1.165, 1.54) is 0 Å². The lowest BCUT2D eigenvalue weighted by atomic mass is 9.80. The summed E-state index contributed by atoms with van der Waals surface area (Å²) in [6.45, 7) is -2.80. The molecule has 256 valence electrons. The molecule has 2 aliphatic heterocycles. The van der Waals surface area contributed by atoms with Crippen LogP contribution in [0.25, 0.3) is 0 Å². The zero-order valence-corrected chi connectivity index (χ0v) is 30.0. The fourth-order valence-corrected chi connectivity index (χ4v) is 8.67. The third-order valence-electron chi connectivity index (χ3n) is 10.3. The summed E-state index contributed by atoms with van der Waals surface area (Å²) < 4.78 is 29.5. The zero-order chi connectivity index (χ0) is 34.7. The van der Waals surface area contributed by atoms with Crippen LogP contribution < -0.4 is 0 Å². The molecule has 2 fully saturated rings. The summed E-state index contributed by atoms with van der Waals surface area (Å²) in [5.74, 6) is 0. The summed E-state index contributed by atoms with van der Waals surface area (Å²) in [6, 6.07) is 58.0. The molecule has 6 aromatic carbocycles. The lowest BCUT2D eigenvalue weighted by molar-refractivity contribution is -0.00429. The highest BCUT2D eigenvalue weighted by Crippen LogP contribution is 2.55. The van der Waals surface area contributed by atoms with Crippen LogP contribution in [-0.4, -0.2) is 19.2 Å². The highest BCUT2D eigenvalue weighted by molar-refractivity contribution is 7.80. The molecule has 0 amide bonds. The molecule has 51 heavy (non-hydrogen) atoms. The molecule has 2 saturated heterocycles. The van der Waals surface area contributed by atoms with Crippen molar-refractivity contribution >= 4 is 32.2 Å². The van der Waals surface area contributed by atoms with Gasteiger partial charge in [0.15, 0.2) is 0 Å². The van der Waals surface area contributed by atoms with Gasteiger partial charge in [0.2, 0.25) is 0 Å². The van der Waals surface area contributed by atoms with E-state index in [0.717, 1.165) is 43.2 Å². The first-order chi connectivity index (χ1) is 25.0. The lowest BCUT2D eigenvalue weighted by Crippen LogP contribution is -2.46. The molecule has 7 heteroatoms. The smallest absolute Gasteiger partial charge is 0.514 e. The Hall–Kier alpha value is -4.08. The summed E-state index contributed by atoms with van der Waals surface area (Å²) >= 11 is 10.1. The molecule has 0 bridgehead atoms. The summed E-state index contributed by atoms with van der Waals surface area (Å²) in [4.78, 5) is 1.64. The largest absolute Gasteiger partial charge is 1.00 e. The van der Waals surface area contributed by atoms with E-state index >= 15 is 0 Å². The van der Waals surface area contributed by atoms with Crippen LogP contribution in [0.3, 0.4) is 0 Å². The van der Waals surface area contributed by atoms with Gasteiger partial charge < -0.3 is 18.6 Å². The van der Waals surface area contributed by atoms with Crippen LogP contribution in [0.15, 0.2) is 180 Å². The monoisotopic (exact) mass is 708 g/mol. The van der Waals surface area contributed by atoms with Gasteiger partial charge in [0.1, 0.15) is 0 Å². The second-order valence-corrected chi connectivity index (χ2v) is 14.5. The van der Waals surface area contributed by atoms with Crippen LogP contribution in [0.5, 0.6) is 0 Å². The molecule has 4 nitrogen and oxygen atoms in total. The van der Waals surface area contributed by atoms with E-state index < -0.39 is 30.4 Å². The molecule has 8 rings (SSSR count). The summed E-state index contributed by atoms with van der Waals surface area (Å²) in [5, 5.41) is 0. The highest BCUT2D eigenvalue weighted by Gasteiger charge is 2.64. The lowest BCUT2D eigenvalue weighted by Gasteiger charge is -2.41. The summed E-state index contributed by atoms with van der Waals surface area (Å²) in [7, 11) is 0. The van der Waals surface area contributed by atoms with Crippen molar-refractivity contribution in [2.75, 3.05) is 0 Å². The average molecular weight is 709 g/mol. The van der Waals surface area contributed by atoms with Crippen molar-refractivity contribution in [3.8, 4) is 0 Å². The van der Waals surface area contributed by atoms with Crippen molar-refractivity contribution in [2.24, 2.45) is 0 Å². The van der Waals surface area contributed by atoms with E-state index in [4.69, 9.17) is 43.9 Å². The van der Waals surface area contributed by atoms with E-state index in [0.29, 0.717) is 25.7 Å². The molecule has 0 saturated carbocycles. The molecule has 0 aromatic heterocycles. The highest BCUT2D eigenvalue weighted by atomic mass is 32.1. The Kier molecular flexibility index (Phi) is 9.68. The molecule has 4 atom stereocenters. The van der Waals surface area contributed by atoms with Gasteiger partial charge in [-0.1, -0.05) is 158 Å². The van der Waals surface area contributed by atoms with Crippen LogP contribution >= 0.6 is 25.3 Å². The van der Waals surface area contributed by atoms with E-state index in [1.54, 1.807) is 0 Å². The third-order valence-corrected chi connectivity index (χ3v) is 11.1. The number of thiol groups is 2. The first kappa shape index (κ1) is 34.0. The maximum absolute atomic E-state index is 7.50. The molecule has 0 N–H and O–H groups in total. The minimum absolute atomic E-state index is 0. The minimum atomic E-state index is -2.80. The van der Waals surface area contributed by atoms with Crippen molar-refractivity contribution in [1.82, 2.24) is 0 Å². The van der Waals surface area contributed by atoms with E-state index in [1.807, 2.05) is 60.7 Å². The van der Waals surface area contributed by atoms with Gasteiger partial charge in [-0.15, -0.1) is 25.3 Å². The van der Waals surface area contributed by atoms with E-state index in [9.17, 15) is 0 Å². The van der Waals surface area contributed by atoms with Gasteiger partial charge in [0.25, 0.3) is 0 Å². The fraction of sp³-hybridized carbons (Fsp3) is 0.182. The number of hydrogen-bond acceptors (Lipinski definition) is 6. The number of benzene rings is 6. The molecular formula is C44H41BO4S2. The van der Waals surface area contributed by atoms with Crippen molar-refractivity contribution < 1.29 is 20.0 Å². The molecule has 0 radical (unpaired) electrons. The predicted molar refractivity (Wildman–Crippen MR) is 210 cm³/mol. The maximum Gasteiger partial charge on any atom is 1.00 e. The number of rotatable bonds is 10. The summed E-state index contributed by atoms with van der Waals surface area (Å²) in [5.41, 5.74) is 4.33.